The molecule has 1 fully saturated rings. The number of rotatable bonds is 6. The van der Waals surface area contributed by atoms with Gasteiger partial charge in [0.1, 0.15) is 24.5 Å². The van der Waals surface area contributed by atoms with Crippen LogP contribution in [-0.4, -0.2) is 55.7 Å². The van der Waals surface area contributed by atoms with E-state index in [4.69, 9.17) is 4.74 Å². The number of anilines is 2. The van der Waals surface area contributed by atoms with Gasteiger partial charge in [-0.15, -0.1) is 11.3 Å². The first-order valence-electron chi connectivity index (χ1n) is 11.7. The summed E-state index contributed by atoms with van der Waals surface area (Å²) in [5.41, 5.74) is 5.74. The van der Waals surface area contributed by atoms with E-state index in [0.717, 1.165) is 50.9 Å². The maximum absolute atomic E-state index is 12.8. The topological polar surface area (TPSA) is 98.1 Å². The Bertz CT molecular complexity index is 1610. The molecule has 0 spiro atoms. The fourth-order valence-electron chi connectivity index (χ4n) is 4.62. The number of carbonyl (C=O) groups is 1. The zero-order chi connectivity index (χ0) is 24.9. The van der Waals surface area contributed by atoms with Crippen LogP contribution in [0.2, 0.25) is 0 Å². The van der Waals surface area contributed by atoms with Crippen LogP contribution in [0.5, 0.6) is 5.75 Å². The van der Waals surface area contributed by atoms with Crippen molar-refractivity contribution in [3.05, 3.63) is 54.6 Å². The van der Waals surface area contributed by atoms with Crippen molar-refractivity contribution in [2.24, 2.45) is 12.5 Å². The summed E-state index contributed by atoms with van der Waals surface area (Å²) in [6.45, 7) is 2.96. The van der Waals surface area contributed by atoms with E-state index in [2.05, 4.69) is 31.4 Å². The maximum atomic E-state index is 12.8. The molecule has 1 aliphatic heterocycles. The molecular weight excluding hydrogens is 474 g/mol. The highest BCUT2D eigenvalue weighted by molar-refractivity contribution is 7.16. The van der Waals surface area contributed by atoms with Crippen molar-refractivity contribution >= 4 is 49.9 Å². The highest BCUT2D eigenvalue weighted by Gasteiger charge is 2.42. The molecule has 1 saturated heterocycles. The first-order valence-corrected chi connectivity index (χ1v) is 12.5. The molecule has 1 atom stereocenters. The molecule has 182 valence electrons. The van der Waals surface area contributed by atoms with Gasteiger partial charge in [0.05, 0.1) is 38.2 Å². The first kappa shape index (κ1) is 22.4. The Balaban J connectivity index is 1.43. The van der Waals surface area contributed by atoms with Crippen molar-refractivity contribution < 1.29 is 9.53 Å². The van der Waals surface area contributed by atoms with Crippen LogP contribution in [0.1, 0.15) is 13.3 Å². The van der Waals surface area contributed by atoms with Crippen LogP contribution in [0.4, 0.5) is 11.5 Å². The maximum Gasteiger partial charge on any atom is 0.231 e. The van der Waals surface area contributed by atoms with E-state index < -0.39 is 5.41 Å². The number of carbonyl (C=O) groups excluding carboxylic acids is 1. The van der Waals surface area contributed by atoms with Crippen molar-refractivity contribution in [2.75, 3.05) is 25.5 Å². The third-order valence-electron chi connectivity index (χ3n) is 6.74. The Hall–Kier alpha value is -4.05. The summed E-state index contributed by atoms with van der Waals surface area (Å²) in [4.78, 5) is 28.0. The first-order chi connectivity index (χ1) is 17.4. The minimum Gasteiger partial charge on any atom is -0.492 e. The molecule has 0 saturated carbocycles. The average Bonchev–Trinajstić information content (AvgIpc) is 3.59. The van der Waals surface area contributed by atoms with Crippen LogP contribution in [0.3, 0.4) is 0 Å². The number of benzene rings is 2. The van der Waals surface area contributed by atoms with Gasteiger partial charge in [-0.25, -0.2) is 15.0 Å². The monoisotopic (exact) mass is 499 g/mol. The molecule has 0 radical (unpaired) electrons. The number of amides is 1. The molecule has 1 N–H and O–H groups in total. The Morgan fingerprint density at radius 2 is 2.00 bits per heavy atom. The summed E-state index contributed by atoms with van der Waals surface area (Å²) in [6, 6.07) is 10.0. The number of fused-ring (bicyclic) bond motifs is 2. The molecule has 4 heterocycles. The second-order valence-corrected chi connectivity index (χ2v) is 10.4. The molecule has 9 nitrogen and oxygen atoms in total. The van der Waals surface area contributed by atoms with Crippen LogP contribution < -0.4 is 10.1 Å². The van der Waals surface area contributed by atoms with Gasteiger partial charge in [0.15, 0.2) is 0 Å². The van der Waals surface area contributed by atoms with E-state index in [0.29, 0.717) is 11.6 Å². The van der Waals surface area contributed by atoms with Crippen LogP contribution in [0.15, 0.2) is 54.6 Å². The lowest BCUT2D eigenvalue weighted by Crippen LogP contribution is -2.34. The summed E-state index contributed by atoms with van der Waals surface area (Å²) in [5.74, 6) is 1.36. The molecule has 1 aliphatic rings. The molecule has 1 amide bonds. The van der Waals surface area contributed by atoms with Gasteiger partial charge in [0.2, 0.25) is 5.91 Å². The molecular formula is C26H25N7O2S. The third kappa shape index (κ3) is 3.93. The highest BCUT2D eigenvalue weighted by atomic mass is 32.1. The Morgan fingerprint density at radius 3 is 2.78 bits per heavy atom. The fraction of sp³-hybridized carbons (Fsp3) is 0.269. The predicted octanol–water partition coefficient (Wildman–Crippen LogP) is 4.63. The second kappa shape index (κ2) is 8.56. The summed E-state index contributed by atoms with van der Waals surface area (Å²) in [6.07, 6.45) is 6.06. The van der Waals surface area contributed by atoms with Gasteiger partial charge in [-0.05, 0) is 49.2 Å². The van der Waals surface area contributed by atoms with Crippen LogP contribution in [0, 0.1) is 5.41 Å². The van der Waals surface area contributed by atoms with Gasteiger partial charge in [0.25, 0.3) is 0 Å². The summed E-state index contributed by atoms with van der Waals surface area (Å²) >= 11 is 1.59. The highest BCUT2D eigenvalue weighted by Crippen LogP contribution is 2.38. The number of ether oxygens (including phenoxy) is 1. The number of nitrogens with zero attached hydrogens (tertiary/aromatic N) is 6. The van der Waals surface area contributed by atoms with E-state index in [9.17, 15) is 4.79 Å². The summed E-state index contributed by atoms with van der Waals surface area (Å²) < 4.78 is 9.28. The molecule has 36 heavy (non-hydrogen) atoms. The standard InChI is InChI=1S/C26H25N7O2S/c1-26(6-7-32(2)25(26)34)13-35-21-9-16(17-11-30-33(3)12-17)8-20-23(21)24(28-14-27-20)31-18-4-5-19-22(10-18)36-15-29-19/h4-5,8-12,14-15H,6-7,13H2,1-3H3,(H,27,28,31)/t26-/m0/s1. The van der Waals surface area contributed by atoms with Crippen molar-refractivity contribution in [1.82, 2.24) is 29.6 Å². The predicted molar refractivity (Wildman–Crippen MR) is 140 cm³/mol. The lowest BCUT2D eigenvalue weighted by atomic mass is 9.90. The quantitative estimate of drug-likeness (QED) is 0.364. The molecule has 6 rings (SSSR count). The van der Waals surface area contributed by atoms with Crippen molar-refractivity contribution in [3.8, 4) is 16.9 Å². The van der Waals surface area contributed by atoms with Gasteiger partial charge in [-0.2, -0.15) is 5.10 Å². The summed E-state index contributed by atoms with van der Waals surface area (Å²) in [7, 11) is 3.72. The van der Waals surface area contributed by atoms with Gasteiger partial charge < -0.3 is 15.0 Å². The van der Waals surface area contributed by atoms with Crippen molar-refractivity contribution in [2.45, 2.75) is 13.3 Å². The molecule has 0 aliphatic carbocycles. The van der Waals surface area contributed by atoms with E-state index in [-0.39, 0.29) is 12.5 Å². The van der Waals surface area contributed by atoms with Crippen molar-refractivity contribution in [3.63, 3.8) is 0 Å². The molecule has 2 aromatic carbocycles. The van der Waals surface area contributed by atoms with Crippen LogP contribution >= 0.6 is 11.3 Å². The number of aryl methyl sites for hydroxylation is 1. The lowest BCUT2D eigenvalue weighted by molar-refractivity contribution is -0.135. The number of nitrogens with one attached hydrogen (secondary N) is 1. The zero-order valence-corrected chi connectivity index (χ0v) is 21.0. The smallest absolute Gasteiger partial charge is 0.231 e. The van der Waals surface area contributed by atoms with Crippen molar-refractivity contribution in [1.29, 1.82) is 0 Å². The molecule has 5 aromatic rings. The number of aromatic nitrogens is 5. The minimum absolute atomic E-state index is 0.0997. The number of hydrogen-bond donors (Lipinski definition) is 1. The van der Waals surface area contributed by atoms with E-state index >= 15 is 0 Å². The largest absolute Gasteiger partial charge is 0.492 e. The Morgan fingerprint density at radius 1 is 1.11 bits per heavy atom. The second-order valence-electron chi connectivity index (χ2n) is 9.48. The summed E-state index contributed by atoms with van der Waals surface area (Å²) in [5, 5.41) is 8.51. The van der Waals surface area contributed by atoms with E-state index in [1.807, 2.05) is 63.2 Å². The van der Waals surface area contributed by atoms with Crippen LogP contribution in [-0.2, 0) is 11.8 Å². The number of thiazole rings is 1. The zero-order valence-electron chi connectivity index (χ0n) is 20.2. The Labute approximate surface area is 211 Å². The van der Waals surface area contributed by atoms with Gasteiger partial charge >= 0.3 is 0 Å². The molecule has 0 bridgehead atoms. The van der Waals surface area contributed by atoms with Crippen LogP contribution in [0.25, 0.3) is 32.2 Å². The normalized spacial score (nSPS) is 17.9. The average molecular weight is 500 g/mol. The third-order valence-corrected chi connectivity index (χ3v) is 7.53. The molecule has 3 aromatic heterocycles. The van der Waals surface area contributed by atoms with Gasteiger partial charge in [-0.1, -0.05) is 0 Å². The minimum atomic E-state index is -0.578. The van der Waals surface area contributed by atoms with E-state index in [1.54, 1.807) is 27.2 Å². The Kier molecular flexibility index (Phi) is 5.33. The number of hydrogen-bond acceptors (Lipinski definition) is 8. The molecule has 0 unspecified atom stereocenters. The SMILES string of the molecule is CN1CC[C@@](C)(COc2cc(-c3cnn(C)c3)cc3ncnc(Nc4ccc5ncsc5c4)c23)C1=O. The molecule has 10 heteroatoms. The van der Waals surface area contributed by atoms with Gasteiger partial charge in [0, 0.05) is 38.1 Å². The lowest BCUT2D eigenvalue weighted by Gasteiger charge is -2.23. The van der Waals surface area contributed by atoms with Gasteiger partial charge in [-0.3, -0.25) is 9.48 Å². The van der Waals surface area contributed by atoms with E-state index in [1.165, 1.54) is 0 Å². The fourth-order valence-corrected chi connectivity index (χ4v) is 5.34. The number of likely N-dealkylation sites (tertiary alicyclic amines) is 1.